The molecule has 168 valence electrons. The highest BCUT2D eigenvalue weighted by molar-refractivity contribution is 7.20. The van der Waals surface area contributed by atoms with Crippen molar-refractivity contribution in [2.24, 2.45) is 0 Å². The van der Waals surface area contributed by atoms with E-state index in [9.17, 15) is 22.8 Å². The molecule has 2 N–H and O–H groups in total. The Morgan fingerprint density at radius 2 is 1.62 bits per heavy atom. The summed E-state index contributed by atoms with van der Waals surface area (Å²) >= 11 is 13.5. The fourth-order valence-corrected chi connectivity index (χ4v) is 4.79. The Bertz CT molecular complexity index is 1140. The number of rotatable bonds is 6. The monoisotopic (exact) mass is 501 g/mol. The Labute approximate surface area is 195 Å². The molecule has 32 heavy (non-hydrogen) atoms. The third kappa shape index (κ3) is 5.43. The summed E-state index contributed by atoms with van der Waals surface area (Å²) < 4.78 is 38.8. The van der Waals surface area contributed by atoms with Crippen LogP contribution in [-0.2, 0) is 12.6 Å². The van der Waals surface area contributed by atoms with Gasteiger partial charge in [-0.1, -0.05) is 47.5 Å². The predicted molar refractivity (Wildman–Crippen MR) is 118 cm³/mol. The van der Waals surface area contributed by atoms with Crippen molar-refractivity contribution in [1.82, 2.24) is 5.32 Å². The van der Waals surface area contributed by atoms with Gasteiger partial charge in [0.25, 0.3) is 5.91 Å². The molecule has 1 atom stereocenters. The van der Waals surface area contributed by atoms with Crippen molar-refractivity contribution in [3.63, 3.8) is 0 Å². The Morgan fingerprint density at radius 3 is 2.16 bits per heavy atom. The number of carbonyl (C=O) groups is 2. The molecular formula is C22H16Cl2F3NO3S. The first-order valence-electron chi connectivity index (χ1n) is 9.24. The average molecular weight is 502 g/mol. The van der Waals surface area contributed by atoms with Crippen LogP contribution in [0, 0.1) is 0 Å². The molecule has 2 aromatic carbocycles. The first-order valence-corrected chi connectivity index (χ1v) is 10.8. The SMILES string of the molecule is C[C@H](NC(=O)c1c(Cl)sc(Cl)c1Cc1ccc(C(F)(F)F)cc1)c1ccc(C(=O)O)cc1. The summed E-state index contributed by atoms with van der Waals surface area (Å²) in [5, 5.41) is 11.8. The molecule has 1 amide bonds. The fraction of sp³-hybridized carbons (Fsp3) is 0.182. The van der Waals surface area contributed by atoms with Crippen LogP contribution in [0.2, 0.25) is 8.67 Å². The van der Waals surface area contributed by atoms with Crippen molar-refractivity contribution in [2.75, 3.05) is 0 Å². The summed E-state index contributed by atoms with van der Waals surface area (Å²) in [6.45, 7) is 1.73. The number of carboxylic acids is 1. The van der Waals surface area contributed by atoms with Crippen LogP contribution in [0.1, 0.15) is 55.9 Å². The van der Waals surface area contributed by atoms with Crippen LogP contribution in [0.5, 0.6) is 0 Å². The molecule has 0 bridgehead atoms. The minimum absolute atomic E-state index is 0.124. The number of alkyl halides is 3. The van der Waals surface area contributed by atoms with E-state index < -0.39 is 29.7 Å². The van der Waals surface area contributed by atoms with E-state index in [1.54, 1.807) is 19.1 Å². The molecule has 0 spiro atoms. The highest BCUT2D eigenvalue weighted by atomic mass is 35.5. The van der Waals surface area contributed by atoms with E-state index in [1.807, 2.05) is 0 Å². The van der Waals surface area contributed by atoms with Crippen molar-refractivity contribution in [3.8, 4) is 0 Å². The standard InChI is InChI=1S/C22H16Cl2F3NO3S/c1-11(13-4-6-14(7-5-13)21(30)31)28-20(29)17-16(18(23)32-19(17)24)10-12-2-8-15(9-3-12)22(25,26)27/h2-9,11H,10H2,1H3,(H,28,29)(H,30,31)/t11-/m0/s1. The van der Waals surface area contributed by atoms with E-state index in [0.29, 0.717) is 16.7 Å². The van der Waals surface area contributed by atoms with Gasteiger partial charge in [0.15, 0.2) is 0 Å². The van der Waals surface area contributed by atoms with Crippen molar-refractivity contribution in [1.29, 1.82) is 0 Å². The third-order valence-electron chi connectivity index (χ3n) is 4.81. The number of carbonyl (C=O) groups excluding carboxylic acids is 1. The second kappa shape index (κ2) is 9.52. The zero-order valence-electron chi connectivity index (χ0n) is 16.5. The molecule has 3 aromatic rings. The van der Waals surface area contributed by atoms with Gasteiger partial charge < -0.3 is 10.4 Å². The van der Waals surface area contributed by atoms with Crippen molar-refractivity contribution < 1.29 is 27.9 Å². The first kappa shape index (κ1) is 24.1. The molecule has 1 heterocycles. The third-order valence-corrected chi connectivity index (χ3v) is 6.50. The summed E-state index contributed by atoms with van der Waals surface area (Å²) in [5.74, 6) is -1.55. The number of benzene rings is 2. The van der Waals surface area contributed by atoms with Gasteiger partial charge in [0, 0.05) is 12.0 Å². The molecule has 0 aliphatic carbocycles. The number of aromatic carboxylic acids is 1. The molecule has 1 aromatic heterocycles. The summed E-state index contributed by atoms with van der Waals surface area (Å²) in [5.41, 5.74) is 1.17. The Hall–Kier alpha value is -2.55. The van der Waals surface area contributed by atoms with Crippen molar-refractivity contribution in [3.05, 3.63) is 90.6 Å². The number of thiophene rings is 1. The molecule has 10 heteroatoms. The van der Waals surface area contributed by atoms with E-state index >= 15 is 0 Å². The highest BCUT2D eigenvalue weighted by Gasteiger charge is 2.30. The maximum absolute atomic E-state index is 12.9. The van der Waals surface area contributed by atoms with Crippen LogP contribution in [0.25, 0.3) is 0 Å². The van der Waals surface area contributed by atoms with Gasteiger partial charge in [-0.05, 0) is 42.3 Å². The molecule has 0 saturated heterocycles. The second-order valence-electron chi connectivity index (χ2n) is 7.00. The highest BCUT2D eigenvalue weighted by Crippen LogP contribution is 2.38. The quantitative estimate of drug-likeness (QED) is 0.387. The van der Waals surface area contributed by atoms with Crippen LogP contribution in [0.15, 0.2) is 48.5 Å². The average Bonchev–Trinajstić information content (AvgIpc) is 3.00. The molecule has 0 fully saturated rings. The van der Waals surface area contributed by atoms with Crippen LogP contribution in [0.3, 0.4) is 0 Å². The van der Waals surface area contributed by atoms with Gasteiger partial charge in [0.1, 0.15) is 4.34 Å². The van der Waals surface area contributed by atoms with Gasteiger partial charge in [-0.25, -0.2) is 4.79 Å². The van der Waals surface area contributed by atoms with E-state index in [-0.39, 0.29) is 26.2 Å². The van der Waals surface area contributed by atoms with Gasteiger partial charge in [-0.3, -0.25) is 4.79 Å². The lowest BCUT2D eigenvalue weighted by molar-refractivity contribution is -0.137. The minimum atomic E-state index is -4.44. The lowest BCUT2D eigenvalue weighted by atomic mass is 10.0. The summed E-state index contributed by atoms with van der Waals surface area (Å²) in [6.07, 6.45) is -4.31. The molecule has 0 unspecified atom stereocenters. The molecule has 3 rings (SSSR count). The summed E-state index contributed by atoms with van der Waals surface area (Å²) in [4.78, 5) is 23.9. The minimum Gasteiger partial charge on any atom is -0.478 e. The van der Waals surface area contributed by atoms with Crippen molar-refractivity contribution >= 4 is 46.4 Å². The van der Waals surface area contributed by atoms with Crippen LogP contribution in [0.4, 0.5) is 13.2 Å². The second-order valence-corrected chi connectivity index (χ2v) is 9.22. The van der Waals surface area contributed by atoms with Gasteiger partial charge in [0.2, 0.25) is 0 Å². The summed E-state index contributed by atoms with van der Waals surface area (Å²) in [7, 11) is 0. The predicted octanol–water partition coefficient (Wildman–Crippen LogP) is 6.85. The maximum atomic E-state index is 12.9. The zero-order valence-corrected chi connectivity index (χ0v) is 18.8. The van der Waals surface area contributed by atoms with Crippen LogP contribution < -0.4 is 5.32 Å². The van der Waals surface area contributed by atoms with Gasteiger partial charge in [-0.15, -0.1) is 11.3 Å². The first-order chi connectivity index (χ1) is 15.0. The Kier molecular flexibility index (Phi) is 7.17. The largest absolute Gasteiger partial charge is 0.478 e. The number of amides is 1. The lowest BCUT2D eigenvalue weighted by Crippen LogP contribution is -2.27. The van der Waals surface area contributed by atoms with E-state index in [1.165, 1.54) is 24.3 Å². The zero-order chi connectivity index (χ0) is 23.6. The van der Waals surface area contributed by atoms with Gasteiger partial charge >= 0.3 is 12.1 Å². The molecule has 0 saturated carbocycles. The topological polar surface area (TPSA) is 66.4 Å². The Morgan fingerprint density at radius 1 is 1.03 bits per heavy atom. The van der Waals surface area contributed by atoms with Crippen LogP contribution in [-0.4, -0.2) is 17.0 Å². The molecule has 0 aliphatic rings. The van der Waals surface area contributed by atoms with Gasteiger partial charge in [0.05, 0.1) is 27.1 Å². The number of hydrogen-bond acceptors (Lipinski definition) is 3. The fourth-order valence-electron chi connectivity index (χ4n) is 3.07. The number of hydrogen-bond donors (Lipinski definition) is 2. The normalized spacial score (nSPS) is 12.4. The van der Waals surface area contributed by atoms with Gasteiger partial charge in [-0.2, -0.15) is 13.2 Å². The molecule has 0 radical (unpaired) electrons. The number of halogens is 5. The number of carboxylic acid groups (broad SMARTS) is 1. The molecule has 4 nitrogen and oxygen atoms in total. The summed E-state index contributed by atoms with van der Waals surface area (Å²) in [6, 6.07) is 10.2. The van der Waals surface area contributed by atoms with Crippen molar-refractivity contribution in [2.45, 2.75) is 25.6 Å². The van der Waals surface area contributed by atoms with Crippen LogP contribution >= 0.6 is 34.5 Å². The van der Waals surface area contributed by atoms with E-state index in [2.05, 4.69) is 5.32 Å². The lowest BCUT2D eigenvalue weighted by Gasteiger charge is -2.15. The number of nitrogens with one attached hydrogen (secondary N) is 1. The molecule has 0 aliphatic heterocycles. The van der Waals surface area contributed by atoms with E-state index in [0.717, 1.165) is 23.5 Å². The maximum Gasteiger partial charge on any atom is 0.416 e. The molecular weight excluding hydrogens is 486 g/mol. The van der Waals surface area contributed by atoms with E-state index in [4.69, 9.17) is 28.3 Å². The smallest absolute Gasteiger partial charge is 0.416 e. The Balaban J connectivity index is 1.80.